The maximum atomic E-state index is 12.5. The molecule has 0 amide bonds. The minimum absolute atomic E-state index is 0.341. The molecule has 0 bridgehead atoms. The number of nitrogens with zero attached hydrogens (tertiary/aromatic N) is 1. The molecule has 1 nitrogen and oxygen atoms in total. The minimum Gasteiger partial charge on any atom is -0.217 e. The average molecular weight is 200 g/mol. The SMILES string of the molecule is Fc1cc(F)c(Cl)c(C(F)F)n1. The summed E-state index contributed by atoms with van der Waals surface area (Å²) in [6.07, 6.45) is -3.08. The van der Waals surface area contributed by atoms with E-state index < -0.39 is 28.9 Å². The summed E-state index contributed by atoms with van der Waals surface area (Å²) in [7, 11) is 0. The Morgan fingerprint density at radius 3 is 2.42 bits per heavy atom. The number of rotatable bonds is 1. The molecule has 66 valence electrons. The second-order valence-corrected chi connectivity index (χ2v) is 2.30. The van der Waals surface area contributed by atoms with Crippen molar-refractivity contribution in [2.75, 3.05) is 0 Å². The molecule has 0 saturated carbocycles. The van der Waals surface area contributed by atoms with E-state index >= 15 is 0 Å². The van der Waals surface area contributed by atoms with Crippen molar-refractivity contribution < 1.29 is 17.6 Å². The molecule has 0 radical (unpaired) electrons. The topological polar surface area (TPSA) is 12.9 Å². The van der Waals surface area contributed by atoms with E-state index in [-0.39, 0.29) is 0 Å². The van der Waals surface area contributed by atoms with Gasteiger partial charge in [0.05, 0.1) is 0 Å². The van der Waals surface area contributed by atoms with E-state index in [2.05, 4.69) is 4.98 Å². The Morgan fingerprint density at radius 2 is 1.92 bits per heavy atom. The second kappa shape index (κ2) is 3.26. The van der Waals surface area contributed by atoms with Gasteiger partial charge in [-0.25, -0.2) is 18.2 Å². The lowest BCUT2D eigenvalue weighted by Crippen LogP contribution is -1.97. The van der Waals surface area contributed by atoms with Crippen molar-refractivity contribution in [2.45, 2.75) is 6.43 Å². The van der Waals surface area contributed by atoms with Gasteiger partial charge in [0.2, 0.25) is 5.95 Å². The average Bonchev–Trinajstić information content (AvgIpc) is 1.96. The highest BCUT2D eigenvalue weighted by molar-refractivity contribution is 6.31. The molecule has 0 fully saturated rings. The van der Waals surface area contributed by atoms with Gasteiger partial charge in [-0.05, 0) is 0 Å². The highest BCUT2D eigenvalue weighted by Gasteiger charge is 2.18. The van der Waals surface area contributed by atoms with Crippen LogP contribution in [0.1, 0.15) is 12.1 Å². The highest BCUT2D eigenvalue weighted by Crippen LogP contribution is 2.27. The summed E-state index contributed by atoms with van der Waals surface area (Å²) in [4.78, 5) is 2.74. The Hall–Kier alpha value is -0.840. The zero-order valence-electron chi connectivity index (χ0n) is 5.49. The number of hydrogen-bond acceptors (Lipinski definition) is 1. The van der Waals surface area contributed by atoms with Gasteiger partial charge in [-0.2, -0.15) is 4.39 Å². The van der Waals surface area contributed by atoms with E-state index in [1.165, 1.54) is 0 Å². The van der Waals surface area contributed by atoms with Crippen LogP contribution in [0.2, 0.25) is 5.02 Å². The standard InChI is InChI=1S/C6H2ClF4N/c7-4-2(8)1-3(9)12-5(4)6(10)11/h1,6H. The lowest BCUT2D eigenvalue weighted by Gasteiger charge is -2.01. The third-order valence-electron chi connectivity index (χ3n) is 1.11. The van der Waals surface area contributed by atoms with Gasteiger partial charge >= 0.3 is 0 Å². The molecule has 0 aliphatic carbocycles. The van der Waals surface area contributed by atoms with E-state index in [9.17, 15) is 17.6 Å². The van der Waals surface area contributed by atoms with Crippen LogP contribution in [-0.2, 0) is 0 Å². The predicted molar refractivity (Wildman–Crippen MR) is 34.1 cm³/mol. The maximum absolute atomic E-state index is 12.5. The molecule has 1 heterocycles. The number of alkyl halides is 2. The van der Waals surface area contributed by atoms with Crippen molar-refractivity contribution in [1.82, 2.24) is 4.98 Å². The summed E-state index contributed by atoms with van der Waals surface area (Å²) < 4.78 is 48.5. The van der Waals surface area contributed by atoms with Crippen LogP contribution < -0.4 is 0 Å². The lowest BCUT2D eigenvalue weighted by molar-refractivity contribution is 0.144. The van der Waals surface area contributed by atoms with Crippen LogP contribution in [0.4, 0.5) is 17.6 Å². The Labute approximate surface area is 70.0 Å². The zero-order chi connectivity index (χ0) is 9.30. The van der Waals surface area contributed by atoms with Gasteiger partial charge in [-0.3, -0.25) is 0 Å². The van der Waals surface area contributed by atoms with Gasteiger partial charge in [0.1, 0.15) is 16.5 Å². The fourth-order valence-electron chi connectivity index (χ4n) is 0.631. The van der Waals surface area contributed by atoms with Crippen LogP contribution in [0.5, 0.6) is 0 Å². The van der Waals surface area contributed by atoms with E-state index in [0.717, 1.165) is 0 Å². The maximum Gasteiger partial charge on any atom is 0.282 e. The lowest BCUT2D eigenvalue weighted by atomic mass is 10.3. The van der Waals surface area contributed by atoms with Crippen molar-refractivity contribution in [3.05, 3.63) is 28.5 Å². The molecule has 0 atom stereocenters. The predicted octanol–water partition coefficient (Wildman–Crippen LogP) is 2.95. The molecule has 1 aromatic rings. The molecule has 0 spiro atoms. The van der Waals surface area contributed by atoms with Crippen LogP contribution >= 0.6 is 11.6 Å². The Balaban J connectivity index is 3.28. The molecule has 0 aromatic carbocycles. The number of halogens is 5. The number of aromatic nitrogens is 1. The zero-order valence-corrected chi connectivity index (χ0v) is 6.25. The van der Waals surface area contributed by atoms with E-state index in [1.54, 1.807) is 0 Å². The van der Waals surface area contributed by atoms with Crippen LogP contribution in [0, 0.1) is 11.8 Å². The largest absolute Gasteiger partial charge is 0.282 e. The summed E-state index contributed by atoms with van der Waals surface area (Å²) in [5.41, 5.74) is -1.07. The highest BCUT2D eigenvalue weighted by atomic mass is 35.5. The van der Waals surface area contributed by atoms with Crippen molar-refractivity contribution in [3.63, 3.8) is 0 Å². The molecule has 0 N–H and O–H groups in total. The molecule has 1 rings (SSSR count). The van der Waals surface area contributed by atoms with Crippen LogP contribution in [0.25, 0.3) is 0 Å². The Morgan fingerprint density at radius 1 is 1.33 bits per heavy atom. The van der Waals surface area contributed by atoms with Gasteiger partial charge < -0.3 is 0 Å². The quantitative estimate of drug-likeness (QED) is 0.501. The minimum atomic E-state index is -3.08. The van der Waals surface area contributed by atoms with Gasteiger partial charge in [0.15, 0.2) is 0 Å². The third kappa shape index (κ3) is 1.66. The van der Waals surface area contributed by atoms with Crippen LogP contribution in [0.15, 0.2) is 6.07 Å². The molecule has 0 aliphatic rings. The summed E-state index contributed by atoms with van der Waals surface area (Å²) in [6, 6.07) is 0.341. The molecule has 12 heavy (non-hydrogen) atoms. The van der Waals surface area contributed by atoms with Crippen molar-refractivity contribution >= 4 is 11.6 Å². The van der Waals surface area contributed by atoms with Gasteiger partial charge in [-0.1, -0.05) is 11.6 Å². The fourth-order valence-corrected chi connectivity index (χ4v) is 0.811. The first-order valence-electron chi connectivity index (χ1n) is 2.82. The normalized spacial score (nSPS) is 10.8. The summed E-state index contributed by atoms with van der Waals surface area (Å²) >= 11 is 5.08. The fraction of sp³-hybridized carbons (Fsp3) is 0.167. The summed E-state index contributed by atoms with van der Waals surface area (Å²) in [6.45, 7) is 0. The Bertz CT molecular complexity index is 302. The van der Waals surface area contributed by atoms with Crippen molar-refractivity contribution in [2.24, 2.45) is 0 Å². The monoisotopic (exact) mass is 199 g/mol. The molecular weight excluding hydrogens is 198 g/mol. The second-order valence-electron chi connectivity index (χ2n) is 1.93. The van der Waals surface area contributed by atoms with Crippen LogP contribution in [0.3, 0.4) is 0 Å². The number of pyridine rings is 1. The van der Waals surface area contributed by atoms with Gasteiger partial charge in [0.25, 0.3) is 6.43 Å². The van der Waals surface area contributed by atoms with Crippen molar-refractivity contribution in [3.8, 4) is 0 Å². The molecule has 6 heteroatoms. The van der Waals surface area contributed by atoms with Gasteiger partial charge in [0, 0.05) is 6.07 Å². The van der Waals surface area contributed by atoms with Crippen LogP contribution in [-0.4, -0.2) is 4.98 Å². The smallest absolute Gasteiger partial charge is 0.217 e. The molecular formula is C6H2ClF4N. The molecule has 0 saturated heterocycles. The summed E-state index contributed by atoms with van der Waals surface area (Å²) in [5.74, 6) is -2.55. The molecule has 1 aromatic heterocycles. The van der Waals surface area contributed by atoms with Crippen molar-refractivity contribution in [1.29, 1.82) is 0 Å². The van der Waals surface area contributed by atoms with E-state index in [1.807, 2.05) is 0 Å². The van der Waals surface area contributed by atoms with E-state index in [4.69, 9.17) is 11.6 Å². The first-order chi connectivity index (χ1) is 5.52. The summed E-state index contributed by atoms with van der Waals surface area (Å²) in [5, 5.41) is -0.841. The van der Waals surface area contributed by atoms with E-state index in [0.29, 0.717) is 6.07 Å². The molecule has 0 aliphatic heterocycles. The first kappa shape index (κ1) is 9.25. The third-order valence-corrected chi connectivity index (χ3v) is 1.49. The Kier molecular flexibility index (Phi) is 2.52. The number of hydrogen-bond donors (Lipinski definition) is 0. The first-order valence-corrected chi connectivity index (χ1v) is 3.19. The van der Waals surface area contributed by atoms with Gasteiger partial charge in [-0.15, -0.1) is 0 Å². The molecule has 0 unspecified atom stereocenters.